The summed E-state index contributed by atoms with van der Waals surface area (Å²) in [4.78, 5) is 18.2. The molecule has 2 aromatic heterocycles. The van der Waals surface area contributed by atoms with E-state index >= 15 is 0 Å². The highest BCUT2D eigenvalue weighted by molar-refractivity contribution is 5.94. The maximum Gasteiger partial charge on any atom is 0.320 e. The summed E-state index contributed by atoms with van der Waals surface area (Å²) >= 11 is 0. The van der Waals surface area contributed by atoms with Crippen LogP contribution in [0.5, 0.6) is 5.88 Å². The highest BCUT2D eigenvalue weighted by Crippen LogP contribution is 2.44. The number of rotatable bonds is 12. The van der Waals surface area contributed by atoms with E-state index in [9.17, 15) is 9.90 Å². The molecule has 0 aliphatic rings. The van der Waals surface area contributed by atoms with Crippen molar-refractivity contribution in [1.82, 2.24) is 20.1 Å². The molecular formula is C39H39N5O4. The SMILES string of the molecule is COc1nn(C(c2ccccc2)(c2ccccc2)c2ccccc2)c2cc(NC(=O)N[C@@H](C)c3ccccc3)nc(COCC(C)O)c12. The van der Waals surface area contributed by atoms with Crippen LogP contribution >= 0.6 is 0 Å². The zero-order valence-electron chi connectivity index (χ0n) is 27.2. The molecule has 9 nitrogen and oxygen atoms in total. The van der Waals surface area contributed by atoms with Gasteiger partial charge in [-0.3, -0.25) is 5.32 Å². The van der Waals surface area contributed by atoms with Gasteiger partial charge in [0.2, 0.25) is 5.88 Å². The molecule has 48 heavy (non-hydrogen) atoms. The van der Waals surface area contributed by atoms with Gasteiger partial charge in [0.05, 0.1) is 49.1 Å². The van der Waals surface area contributed by atoms with Crippen LogP contribution in [0.1, 0.15) is 47.8 Å². The van der Waals surface area contributed by atoms with E-state index in [4.69, 9.17) is 19.6 Å². The van der Waals surface area contributed by atoms with Gasteiger partial charge < -0.3 is 19.9 Å². The monoisotopic (exact) mass is 641 g/mol. The Morgan fingerprint density at radius 3 is 1.85 bits per heavy atom. The molecule has 0 radical (unpaired) electrons. The third-order valence-corrected chi connectivity index (χ3v) is 8.28. The summed E-state index contributed by atoms with van der Waals surface area (Å²) in [6.45, 7) is 3.74. The van der Waals surface area contributed by atoms with Crippen molar-refractivity contribution in [3.63, 3.8) is 0 Å². The van der Waals surface area contributed by atoms with Gasteiger partial charge in [-0.1, -0.05) is 121 Å². The summed E-state index contributed by atoms with van der Waals surface area (Å²) in [5.41, 5.74) is 4.11. The minimum absolute atomic E-state index is 0.0516. The van der Waals surface area contributed by atoms with Crippen molar-refractivity contribution in [2.75, 3.05) is 19.0 Å². The molecule has 3 N–H and O–H groups in total. The maximum absolute atomic E-state index is 13.4. The topological polar surface area (TPSA) is 111 Å². The van der Waals surface area contributed by atoms with Crippen molar-refractivity contribution in [2.45, 2.75) is 38.1 Å². The van der Waals surface area contributed by atoms with Crippen molar-refractivity contribution < 1.29 is 19.4 Å². The number of aromatic nitrogens is 3. The number of fused-ring (bicyclic) bond motifs is 1. The maximum atomic E-state index is 13.4. The van der Waals surface area contributed by atoms with Crippen LogP contribution in [0.4, 0.5) is 10.6 Å². The highest BCUT2D eigenvalue weighted by Gasteiger charge is 2.41. The van der Waals surface area contributed by atoms with Crippen LogP contribution in [0.15, 0.2) is 127 Å². The van der Waals surface area contributed by atoms with E-state index in [1.54, 1.807) is 14.0 Å². The number of carbonyl (C=O) groups is 1. The number of urea groups is 1. The van der Waals surface area contributed by atoms with Gasteiger partial charge in [-0.2, -0.15) is 0 Å². The number of aliphatic hydroxyl groups excluding tert-OH is 1. The van der Waals surface area contributed by atoms with E-state index in [1.165, 1.54) is 0 Å². The van der Waals surface area contributed by atoms with E-state index in [-0.39, 0.29) is 19.3 Å². The third-order valence-electron chi connectivity index (χ3n) is 8.28. The standard InChI is InChI=1S/C39H39N5O4/c1-27(45)25-48-26-33-36-34(24-35(41-33)42-38(46)40-28(2)29-16-8-4-9-17-29)44(43-37(36)47-3)39(30-18-10-5-11-19-30,31-20-12-6-13-21-31)32-22-14-7-15-23-32/h4-24,27-28,45H,25-26H2,1-3H3,(H2,40,41,42,46)/t27?,28-/m0/s1. The minimum atomic E-state index is -0.959. The summed E-state index contributed by atoms with van der Waals surface area (Å²) < 4.78 is 13.8. The number of ether oxygens (including phenoxy) is 2. The van der Waals surface area contributed by atoms with E-state index in [0.29, 0.717) is 28.3 Å². The van der Waals surface area contributed by atoms with Crippen LogP contribution in [0.25, 0.3) is 10.9 Å². The lowest BCUT2D eigenvalue weighted by molar-refractivity contribution is 0.0368. The molecule has 6 aromatic rings. The van der Waals surface area contributed by atoms with Crippen molar-refractivity contribution in [1.29, 1.82) is 0 Å². The smallest absolute Gasteiger partial charge is 0.320 e. The summed E-state index contributed by atoms with van der Waals surface area (Å²) in [5.74, 6) is 0.664. The van der Waals surface area contributed by atoms with Crippen LogP contribution in [0, 0.1) is 0 Å². The fourth-order valence-corrected chi connectivity index (χ4v) is 6.15. The molecule has 244 valence electrons. The number of methoxy groups -OCH3 is 1. The van der Waals surface area contributed by atoms with Crippen LogP contribution < -0.4 is 15.4 Å². The molecule has 0 saturated heterocycles. The summed E-state index contributed by atoms with van der Waals surface area (Å²) in [5, 5.41) is 21.7. The van der Waals surface area contributed by atoms with Gasteiger partial charge in [-0.25, -0.2) is 14.5 Å². The second-order valence-corrected chi connectivity index (χ2v) is 11.7. The van der Waals surface area contributed by atoms with Crippen LogP contribution in [-0.4, -0.2) is 45.7 Å². The van der Waals surface area contributed by atoms with Crippen LogP contribution in [-0.2, 0) is 16.9 Å². The minimum Gasteiger partial charge on any atom is -0.479 e. The van der Waals surface area contributed by atoms with Gasteiger partial charge in [0.25, 0.3) is 0 Å². The number of carbonyl (C=O) groups excluding carboxylic acids is 1. The quantitative estimate of drug-likeness (QED) is 0.123. The molecule has 1 unspecified atom stereocenters. The average molecular weight is 642 g/mol. The van der Waals surface area contributed by atoms with Crippen molar-refractivity contribution in [3.05, 3.63) is 155 Å². The molecule has 9 heteroatoms. The Kier molecular flexibility index (Phi) is 9.80. The lowest BCUT2D eigenvalue weighted by Gasteiger charge is -2.37. The van der Waals surface area contributed by atoms with E-state index in [2.05, 4.69) is 47.0 Å². The second kappa shape index (κ2) is 14.5. The highest BCUT2D eigenvalue weighted by atomic mass is 16.5. The number of nitrogens with one attached hydrogen (secondary N) is 2. The van der Waals surface area contributed by atoms with Gasteiger partial charge in [0.1, 0.15) is 11.4 Å². The first kappa shape index (κ1) is 32.4. The second-order valence-electron chi connectivity index (χ2n) is 11.7. The molecule has 4 aromatic carbocycles. The van der Waals surface area contributed by atoms with Gasteiger partial charge in [0, 0.05) is 6.07 Å². The number of anilines is 1. The van der Waals surface area contributed by atoms with Crippen LogP contribution in [0.3, 0.4) is 0 Å². The Morgan fingerprint density at radius 1 is 0.833 bits per heavy atom. The lowest BCUT2D eigenvalue weighted by atomic mass is 9.77. The number of benzene rings is 4. The summed E-state index contributed by atoms with van der Waals surface area (Å²) in [7, 11) is 1.58. The van der Waals surface area contributed by atoms with Gasteiger partial charge in [-0.05, 0) is 36.1 Å². The van der Waals surface area contributed by atoms with Crippen molar-refractivity contribution >= 4 is 22.8 Å². The largest absolute Gasteiger partial charge is 0.479 e. The molecule has 2 heterocycles. The molecule has 0 aliphatic carbocycles. The fraction of sp³-hybridized carbons (Fsp3) is 0.205. The zero-order chi connectivity index (χ0) is 33.5. The molecule has 6 rings (SSSR count). The Balaban J connectivity index is 1.58. The van der Waals surface area contributed by atoms with Gasteiger partial charge >= 0.3 is 6.03 Å². The zero-order valence-corrected chi connectivity index (χ0v) is 27.2. The number of nitrogens with zero attached hydrogens (tertiary/aromatic N) is 3. The Bertz CT molecular complexity index is 1850. The Labute approximate surface area is 280 Å². The first-order valence-electron chi connectivity index (χ1n) is 15.9. The first-order valence-corrected chi connectivity index (χ1v) is 15.9. The molecule has 0 bridgehead atoms. The summed E-state index contributed by atoms with van der Waals surface area (Å²) in [6.07, 6.45) is -0.668. The van der Waals surface area contributed by atoms with Gasteiger partial charge in [-0.15, -0.1) is 5.10 Å². The average Bonchev–Trinajstić information content (AvgIpc) is 3.49. The number of aliphatic hydroxyl groups is 1. The number of hydrogen-bond donors (Lipinski definition) is 3. The molecule has 0 spiro atoms. The normalized spacial score (nSPS) is 12.8. The lowest BCUT2D eigenvalue weighted by Crippen LogP contribution is -2.38. The number of amides is 2. The van der Waals surface area contributed by atoms with Gasteiger partial charge in [0.15, 0.2) is 0 Å². The van der Waals surface area contributed by atoms with E-state index in [0.717, 1.165) is 22.3 Å². The number of pyridine rings is 1. The van der Waals surface area contributed by atoms with Crippen LogP contribution in [0.2, 0.25) is 0 Å². The first-order chi connectivity index (χ1) is 23.4. The molecule has 2 amide bonds. The molecular weight excluding hydrogens is 602 g/mol. The van der Waals surface area contributed by atoms with E-state index in [1.807, 2.05) is 103 Å². The molecule has 0 aliphatic heterocycles. The predicted octanol–water partition coefficient (Wildman–Crippen LogP) is 7.06. The van der Waals surface area contributed by atoms with Crippen molar-refractivity contribution in [2.24, 2.45) is 0 Å². The summed E-state index contributed by atoms with van der Waals surface area (Å²) in [6, 6.07) is 41.5. The Morgan fingerprint density at radius 2 is 1.35 bits per heavy atom. The molecule has 0 fully saturated rings. The Hall–Kier alpha value is -5.51. The third kappa shape index (κ3) is 6.51. The predicted molar refractivity (Wildman–Crippen MR) is 187 cm³/mol. The number of hydrogen-bond acceptors (Lipinski definition) is 6. The molecule has 0 saturated carbocycles. The van der Waals surface area contributed by atoms with E-state index < -0.39 is 17.7 Å². The van der Waals surface area contributed by atoms with Crippen molar-refractivity contribution in [3.8, 4) is 5.88 Å². The fourth-order valence-electron chi connectivity index (χ4n) is 6.15. The molecule has 2 atom stereocenters.